The lowest BCUT2D eigenvalue weighted by atomic mass is 10.2. The lowest BCUT2D eigenvalue weighted by molar-refractivity contribution is -0.140. The van der Waals surface area contributed by atoms with Gasteiger partial charge in [0.2, 0.25) is 21.7 Å². The first-order valence-corrected chi connectivity index (χ1v) is 15.8. The van der Waals surface area contributed by atoms with E-state index in [-0.39, 0.29) is 58.6 Å². The summed E-state index contributed by atoms with van der Waals surface area (Å²) in [7, 11) is -4.55. The Bertz CT molecular complexity index is 1670. The largest absolute Gasteiger partial charge is 0.462 e. The molecular formula is C32H30Cl2N2O10S. The summed E-state index contributed by atoms with van der Waals surface area (Å²) >= 11 is 12.5. The molecule has 0 bridgehead atoms. The van der Waals surface area contributed by atoms with Gasteiger partial charge >= 0.3 is 11.9 Å². The molecule has 0 aliphatic carbocycles. The number of benzene rings is 2. The van der Waals surface area contributed by atoms with E-state index in [1.165, 1.54) is 38.1 Å². The highest BCUT2D eigenvalue weighted by molar-refractivity contribution is 7.91. The van der Waals surface area contributed by atoms with Crippen molar-refractivity contribution < 1.29 is 46.7 Å². The molecule has 0 unspecified atom stereocenters. The highest BCUT2D eigenvalue weighted by Gasteiger charge is 2.28. The number of ether oxygens (including phenoxy) is 2. The number of sulfone groups is 1. The van der Waals surface area contributed by atoms with Gasteiger partial charge in [0, 0.05) is 36.1 Å². The third-order valence-corrected chi connectivity index (χ3v) is 8.20. The van der Waals surface area contributed by atoms with Crippen LogP contribution in [0.1, 0.15) is 26.7 Å². The Labute approximate surface area is 281 Å². The average Bonchev–Trinajstić information content (AvgIpc) is 3.00. The average molecular weight is 706 g/mol. The maximum Gasteiger partial charge on any atom is 0.333 e. The van der Waals surface area contributed by atoms with Crippen molar-refractivity contribution in [3.8, 4) is 0 Å². The molecule has 2 N–H and O–H groups in total. The molecule has 0 aromatic heterocycles. The number of rotatable bonds is 16. The molecule has 248 valence electrons. The molecule has 2 amide bonds. The van der Waals surface area contributed by atoms with Gasteiger partial charge < -0.3 is 20.1 Å². The van der Waals surface area contributed by atoms with E-state index in [1.807, 2.05) is 0 Å². The lowest BCUT2D eigenvalue weighted by Gasteiger charge is -2.16. The fourth-order valence-corrected chi connectivity index (χ4v) is 5.55. The summed E-state index contributed by atoms with van der Waals surface area (Å²) in [5.41, 5.74) is -0.319. The van der Waals surface area contributed by atoms with Gasteiger partial charge in [-0.1, -0.05) is 48.5 Å². The van der Waals surface area contributed by atoms with Gasteiger partial charge in [0.25, 0.3) is 0 Å². The minimum atomic E-state index is -4.55. The second-order valence-corrected chi connectivity index (χ2v) is 12.3. The Kier molecular flexibility index (Phi) is 14.5. The number of hydrogen-bond donors (Lipinski definition) is 2. The van der Waals surface area contributed by atoms with Crippen LogP contribution in [-0.2, 0) is 48.1 Å². The zero-order valence-corrected chi connectivity index (χ0v) is 27.6. The second-order valence-electron chi connectivity index (χ2n) is 9.64. The van der Waals surface area contributed by atoms with Gasteiger partial charge in [-0.3, -0.25) is 19.2 Å². The Hall–Kier alpha value is -4.85. The van der Waals surface area contributed by atoms with Crippen molar-refractivity contribution in [2.75, 3.05) is 23.8 Å². The number of carbonyl (C=O) groups excluding carboxylic acids is 6. The van der Waals surface area contributed by atoms with Crippen molar-refractivity contribution in [1.29, 1.82) is 0 Å². The summed E-state index contributed by atoms with van der Waals surface area (Å²) in [6.07, 6.45) is 3.12. The van der Waals surface area contributed by atoms with Crippen LogP contribution in [0.15, 0.2) is 94.8 Å². The number of para-hydroxylation sites is 2. The van der Waals surface area contributed by atoms with Crippen LogP contribution in [0.25, 0.3) is 0 Å². The molecule has 0 saturated heterocycles. The summed E-state index contributed by atoms with van der Waals surface area (Å²) in [5.74, 6) is -4.24. The number of hydrogen-bond acceptors (Lipinski definition) is 10. The molecule has 2 aromatic carbocycles. The maximum absolute atomic E-state index is 13.9. The van der Waals surface area contributed by atoms with Crippen LogP contribution in [0, 0.1) is 0 Å². The Morgan fingerprint density at radius 1 is 0.681 bits per heavy atom. The zero-order chi connectivity index (χ0) is 35.3. The standard InChI is InChI=1S/C32H30Cl2N2O10S/c1-19(2)31(41)45-17-15-21(37)11-13-27(39)35-29-23(33)7-5-9-25(29)47(43,44)26-10-6-8-24(34)30(26)36-28(40)14-12-22(38)16-18-46-32(42)20(3)4/h5-14H,1,3,15-18H2,2,4H3,(H,35,39)(H,36,40)/b13-11+,14-12+. The quantitative estimate of drug-likeness (QED) is 0.179. The molecule has 15 heteroatoms. The number of esters is 2. The molecule has 47 heavy (non-hydrogen) atoms. The van der Waals surface area contributed by atoms with Gasteiger partial charge in [-0.25, -0.2) is 18.0 Å². The van der Waals surface area contributed by atoms with E-state index in [2.05, 4.69) is 23.8 Å². The van der Waals surface area contributed by atoms with Gasteiger partial charge in [0.05, 0.1) is 44.4 Å². The molecule has 0 aliphatic rings. The van der Waals surface area contributed by atoms with Crippen molar-refractivity contribution in [3.63, 3.8) is 0 Å². The minimum Gasteiger partial charge on any atom is -0.462 e. The first-order chi connectivity index (χ1) is 22.0. The summed E-state index contributed by atoms with van der Waals surface area (Å²) in [6.45, 7) is 9.26. The van der Waals surface area contributed by atoms with E-state index >= 15 is 0 Å². The number of carbonyl (C=O) groups is 6. The summed E-state index contributed by atoms with van der Waals surface area (Å²) in [6, 6.07) is 7.61. The second kappa shape index (κ2) is 17.7. The maximum atomic E-state index is 13.9. The highest BCUT2D eigenvalue weighted by atomic mass is 35.5. The fourth-order valence-electron chi connectivity index (χ4n) is 3.39. The molecule has 0 saturated carbocycles. The third-order valence-electron chi connectivity index (χ3n) is 5.73. The summed E-state index contributed by atoms with van der Waals surface area (Å²) in [4.78, 5) is 71.3. The summed E-state index contributed by atoms with van der Waals surface area (Å²) in [5, 5.41) is 4.37. The van der Waals surface area contributed by atoms with Crippen molar-refractivity contribution in [2.24, 2.45) is 0 Å². The van der Waals surface area contributed by atoms with Crippen LogP contribution in [0.5, 0.6) is 0 Å². The first kappa shape index (κ1) is 38.3. The van der Waals surface area contributed by atoms with E-state index in [0.29, 0.717) is 0 Å². The van der Waals surface area contributed by atoms with E-state index < -0.39 is 54.9 Å². The van der Waals surface area contributed by atoms with Crippen molar-refractivity contribution in [2.45, 2.75) is 36.5 Å². The molecular weight excluding hydrogens is 675 g/mol. The van der Waals surface area contributed by atoms with Gasteiger partial charge in [-0.05, 0) is 50.3 Å². The highest BCUT2D eigenvalue weighted by Crippen LogP contribution is 2.38. The van der Waals surface area contributed by atoms with Crippen LogP contribution in [0.4, 0.5) is 11.4 Å². The molecule has 12 nitrogen and oxygen atoms in total. The zero-order valence-electron chi connectivity index (χ0n) is 25.3. The SMILES string of the molecule is C=C(C)C(=O)OCCC(=O)/C=C/C(=O)Nc1c(Cl)cccc1S(=O)(=O)c1cccc(Cl)c1NC(=O)/C=C/C(=O)CCOC(=O)C(=C)C. The Morgan fingerprint density at radius 2 is 1.04 bits per heavy atom. The van der Waals surface area contributed by atoms with Crippen LogP contribution >= 0.6 is 23.2 Å². The molecule has 0 aliphatic heterocycles. The molecule has 0 radical (unpaired) electrons. The summed E-state index contributed by atoms with van der Waals surface area (Å²) < 4.78 is 37.4. The topological polar surface area (TPSA) is 179 Å². The number of halogens is 2. The third kappa shape index (κ3) is 11.8. The number of nitrogens with one attached hydrogen (secondary N) is 2. The van der Waals surface area contributed by atoms with Crippen LogP contribution < -0.4 is 10.6 Å². The van der Waals surface area contributed by atoms with E-state index in [0.717, 1.165) is 36.4 Å². The Balaban J connectivity index is 2.24. The molecule has 0 fully saturated rings. The molecule has 0 spiro atoms. The molecule has 0 atom stereocenters. The van der Waals surface area contributed by atoms with E-state index in [4.69, 9.17) is 32.7 Å². The van der Waals surface area contributed by atoms with Gasteiger partial charge in [-0.15, -0.1) is 0 Å². The number of anilines is 2. The van der Waals surface area contributed by atoms with Gasteiger partial charge in [0.15, 0.2) is 11.6 Å². The predicted octanol–water partition coefficient (Wildman–Crippen LogP) is 4.97. The number of amides is 2. The molecule has 0 heterocycles. The Morgan fingerprint density at radius 3 is 1.38 bits per heavy atom. The fraction of sp³-hybridized carbons (Fsp3) is 0.188. The van der Waals surface area contributed by atoms with Gasteiger partial charge in [0.1, 0.15) is 0 Å². The van der Waals surface area contributed by atoms with Crippen LogP contribution in [0.3, 0.4) is 0 Å². The smallest absolute Gasteiger partial charge is 0.333 e. The van der Waals surface area contributed by atoms with Crippen molar-refractivity contribution >= 4 is 79.7 Å². The normalized spacial score (nSPS) is 11.1. The first-order valence-electron chi connectivity index (χ1n) is 13.6. The van der Waals surface area contributed by atoms with Crippen LogP contribution in [0.2, 0.25) is 10.0 Å². The predicted molar refractivity (Wildman–Crippen MR) is 175 cm³/mol. The monoisotopic (exact) mass is 704 g/mol. The minimum absolute atomic E-state index is 0.158. The van der Waals surface area contributed by atoms with E-state index in [9.17, 15) is 37.2 Å². The number of ketones is 2. The van der Waals surface area contributed by atoms with Crippen LogP contribution in [-0.4, -0.2) is 57.0 Å². The lowest BCUT2D eigenvalue weighted by Crippen LogP contribution is -2.16. The molecule has 2 aromatic rings. The van der Waals surface area contributed by atoms with Crippen molar-refractivity contribution in [1.82, 2.24) is 0 Å². The number of allylic oxidation sites excluding steroid dienone is 2. The molecule has 2 rings (SSSR count). The van der Waals surface area contributed by atoms with E-state index in [1.54, 1.807) is 0 Å². The van der Waals surface area contributed by atoms with Gasteiger partial charge in [-0.2, -0.15) is 0 Å². The van der Waals surface area contributed by atoms with Crippen molar-refractivity contribution in [3.05, 3.63) is 95.1 Å².